The second-order valence-electron chi connectivity index (χ2n) is 5.88. The number of hydrogen-bond acceptors (Lipinski definition) is 4. The summed E-state index contributed by atoms with van der Waals surface area (Å²) < 4.78 is 6.94. The van der Waals surface area contributed by atoms with E-state index in [-0.39, 0.29) is 24.4 Å². The molecule has 2 rings (SSSR count). The second-order valence-corrected chi connectivity index (χ2v) is 6.74. The van der Waals surface area contributed by atoms with Crippen molar-refractivity contribution in [2.24, 2.45) is 5.73 Å². The van der Waals surface area contributed by atoms with Crippen LogP contribution in [-0.2, 0) is 4.74 Å². The molecule has 112 valence electrons. The fraction of sp³-hybridized carbons (Fsp3) is 0.600. The van der Waals surface area contributed by atoms with Crippen molar-refractivity contribution >= 4 is 15.9 Å². The summed E-state index contributed by atoms with van der Waals surface area (Å²) in [5.41, 5.74) is 6.92. The highest BCUT2D eigenvalue weighted by Gasteiger charge is 2.36. The maximum absolute atomic E-state index is 9.43. The molecule has 0 spiro atoms. The van der Waals surface area contributed by atoms with Crippen molar-refractivity contribution in [1.29, 1.82) is 0 Å². The first-order valence-corrected chi connectivity index (χ1v) is 7.73. The fourth-order valence-corrected chi connectivity index (χ4v) is 3.44. The molecular weight excluding hydrogens is 320 g/mol. The highest BCUT2D eigenvalue weighted by molar-refractivity contribution is 9.10. The van der Waals surface area contributed by atoms with Crippen LogP contribution in [0.25, 0.3) is 0 Å². The molecule has 2 unspecified atom stereocenters. The van der Waals surface area contributed by atoms with E-state index in [1.165, 1.54) is 5.56 Å². The van der Waals surface area contributed by atoms with Crippen molar-refractivity contribution in [3.63, 3.8) is 0 Å². The van der Waals surface area contributed by atoms with Crippen molar-refractivity contribution in [2.45, 2.75) is 31.6 Å². The van der Waals surface area contributed by atoms with Gasteiger partial charge < -0.3 is 15.6 Å². The van der Waals surface area contributed by atoms with Crippen LogP contribution < -0.4 is 5.73 Å². The lowest BCUT2D eigenvalue weighted by Crippen LogP contribution is -2.55. The van der Waals surface area contributed by atoms with E-state index in [1.54, 1.807) is 0 Å². The normalized spacial score (nSPS) is 24.6. The Bertz CT molecular complexity index is 453. The molecule has 1 heterocycles. The zero-order valence-corrected chi connectivity index (χ0v) is 13.6. The molecule has 0 saturated carbocycles. The van der Waals surface area contributed by atoms with Crippen LogP contribution >= 0.6 is 15.9 Å². The zero-order valence-electron chi connectivity index (χ0n) is 12.1. The van der Waals surface area contributed by atoms with Crippen LogP contribution in [0.2, 0.25) is 0 Å². The predicted octanol–water partition coefficient (Wildman–Crippen LogP) is 1.92. The van der Waals surface area contributed by atoms with Crippen LogP contribution in [0.4, 0.5) is 0 Å². The number of ether oxygens (including phenoxy) is 1. The highest BCUT2D eigenvalue weighted by atomic mass is 79.9. The quantitative estimate of drug-likeness (QED) is 0.877. The Morgan fingerprint density at radius 3 is 2.80 bits per heavy atom. The molecule has 5 heteroatoms. The molecule has 1 aromatic carbocycles. The van der Waals surface area contributed by atoms with E-state index >= 15 is 0 Å². The number of morpholine rings is 1. The molecule has 3 N–H and O–H groups in total. The molecule has 0 aliphatic carbocycles. The van der Waals surface area contributed by atoms with Crippen molar-refractivity contribution in [3.8, 4) is 0 Å². The van der Waals surface area contributed by atoms with E-state index in [9.17, 15) is 5.11 Å². The van der Waals surface area contributed by atoms with Gasteiger partial charge in [-0.3, -0.25) is 4.90 Å². The third-order valence-electron chi connectivity index (χ3n) is 3.64. The summed E-state index contributed by atoms with van der Waals surface area (Å²) in [5.74, 6) is 0. The molecule has 0 amide bonds. The fourth-order valence-electron chi connectivity index (χ4n) is 2.89. The van der Waals surface area contributed by atoms with Crippen LogP contribution in [0.1, 0.15) is 25.5 Å². The number of hydrogen-bond donors (Lipinski definition) is 2. The van der Waals surface area contributed by atoms with Crippen molar-refractivity contribution in [3.05, 3.63) is 34.3 Å². The molecule has 1 aliphatic rings. The molecule has 1 aliphatic heterocycles. The molecule has 1 saturated heterocycles. The molecule has 0 aromatic heterocycles. The molecule has 4 nitrogen and oxygen atoms in total. The minimum atomic E-state index is -0.277. The third kappa shape index (κ3) is 3.59. The summed E-state index contributed by atoms with van der Waals surface area (Å²) in [4.78, 5) is 2.31. The second kappa shape index (κ2) is 6.54. The van der Waals surface area contributed by atoms with Gasteiger partial charge in [-0.2, -0.15) is 0 Å². The topological polar surface area (TPSA) is 58.7 Å². The number of aliphatic hydroxyl groups excluding tert-OH is 1. The van der Waals surface area contributed by atoms with Gasteiger partial charge in [-0.05, 0) is 25.5 Å². The van der Waals surface area contributed by atoms with Gasteiger partial charge in [0.05, 0.1) is 18.3 Å². The molecular formula is C15H23BrN2O2. The smallest absolute Gasteiger partial charge is 0.0940 e. The minimum absolute atomic E-state index is 0.0349. The first-order valence-electron chi connectivity index (χ1n) is 6.94. The summed E-state index contributed by atoms with van der Waals surface area (Å²) in [6, 6.07) is 8.28. The lowest BCUT2D eigenvalue weighted by molar-refractivity contribution is -0.156. The molecule has 1 fully saturated rings. The van der Waals surface area contributed by atoms with E-state index in [1.807, 2.05) is 18.2 Å². The Morgan fingerprint density at radius 1 is 1.50 bits per heavy atom. The Hall–Kier alpha value is -0.460. The van der Waals surface area contributed by atoms with Gasteiger partial charge >= 0.3 is 0 Å². The zero-order chi connectivity index (χ0) is 14.8. The van der Waals surface area contributed by atoms with Crippen molar-refractivity contribution in [1.82, 2.24) is 4.90 Å². The van der Waals surface area contributed by atoms with Crippen LogP contribution in [0.15, 0.2) is 28.7 Å². The van der Waals surface area contributed by atoms with Gasteiger partial charge in [-0.15, -0.1) is 0 Å². The van der Waals surface area contributed by atoms with Gasteiger partial charge in [0.1, 0.15) is 0 Å². The van der Waals surface area contributed by atoms with Crippen LogP contribution in [0, 0.1) is 0 Å². The van der Waals surface area contributed by atoms with Gasteiger partial charge in [0.25, 0.3) is 0 Å². The van der Waals surface area contributed by atoms with E-state index in [2.05, 4.69) is 40.7 Å². The Morgan fingerprint density at radius 2 is 2.20 bits per heavy atom. The number of benzene rings is 1. The van der Waals surface area contributed by atoms with Crippen molar-refractivity contribution in [2.75, 3.05) is 26.2 Å². The molecule has 0 bridgehead atoms. The summed E-state index contributed by atoms with van der Waals surface area (Å²) >= 11 is 3.60. The van der Waals surface area contributed by atoms with Gasteiger partial charge in [0.2, 0.25) is 0 Å². The first-order chi connectivity index (χ1) is 9.46. The average molecular weight is 343 g/mol. The maximum Gasteiger partial charge on any atom is 0.0940 e. The summed E-state index contributed by atoms with van der Waals surface area (Å²) in [6.07, 6.45) is -0.157. The van der Waals surface area contributed by atoms with Gasteiger partial charge in [0.15, 0.2) is 0 Å². The van der Waals surface area contributed by atoms with Crippen LogP contribution in [0.3, 0.4) is 0 Å². The largest absolute Gasteiger partial charge is 0.394 e. The number of nitrogens with two attached hydrogens (primary N) is 1. The number of aliphatic hydroxyl groups is 1. The van der Waals surface area contributed by atoms with E-state index in [0.29, 0.717) is 13.1 Å². The van der Waals surface area contributed by atoms with Gasteiger partial charge in [-0.1, -0.05) is 34.1 Å². The van der Waals surface area contributed by atoms with Crippen molar-refractivity contribution < 1.29 is 9.84 Å². The standard InChI is InChI=1S/C15H23BrN2O2/c1-15(2)10-18(8-11(9-19)20-15)14(7-17)12-5-3-4-6-13(12)16/h3-6,11,14,19H,7-10,17H2,1-2H3. The molecule has 0 radical (unpaired) electrons. The Labute approximate surface area is 129 Å². The maximum atomic E-state index is 9.43. The Balaban J connectivity index is 2.25. The first kappa shape index (κ1) is 15.9. The van der Waals surface area contributed by atoms with Gasteiger partial charge in [0, 0.05) is 30.1 Å². The van der Waals surface area contributed by atoms with Crippen LogP contribution in [0.5, 0.6) is 0 Å². The minimum Gasteiger partial charge on any atom is -0.394 e. The van der Waals surface area contributed by atoms with Gasteiger partial charge in [-0.25, -0.2) is 0 Å². The number of nitrogens with zero attached hydrogens (tertiary/aromatic N) is 1. The highest BCUT2D eigenvalue weighted by Crippen LogP contribution is 2.31. The van der Waals surface area contributed by atoms with E-state index < -0.39 is 0 Å². The predicted molar refractivity (Wildman–Crippen MR) is 83.5 cm³/mol. The summed E-state index contributed by atoms with van der Waals surface area (Å²) in [5, 5.41) is 9.43. The van der Waals surface area contributed by atoms with E-state index in [4.69, 9.17) is 10.5 Å². The van der Waals surface area contributed by atoms with Crippen LogP contribution in [-0.4, -0.2) is 48.0 Å². The molecule has 1 aromatic rings. The summed E-state index contributed by atoms with van der Waals surface area (Å²) in [7, 11) is 0. The lowest BCUT2D eigenvalue weighted by Gasteiger charge is -2.45. The Kier molecular flexibility index (Phi) is 5.20. The molecule has 20 heavy (non-hydrogen) atoms. The monoisotopic (exact) mass is 342 g/mol. The number of halogens is 1. The van der Waals surface area contributed by atoms with E-state index in [0.717, 1.165) is 11.0 Å². The third-order valence-corrected chi connectivity index (χ3v) is 4.36. The molecule has 2 atom stereocenters. The SMILES string of the molecule is CC1(C)CN(C(CN)c2ccccc2Br)CC(CO)O1. The number of rotatable bonds is 4. The average Bonchev–Trinajstić information content (AvgIpc) is 2.40. The summed E-state index contributed by atoms with van der Waals surface area (Å²) in [6.45, 7) is 6.17. The lowest BCUT2D eigenvalue weighted by atomic mass is 9.99.